The number of carbonyl (C=O) groups excluding carboxylic acids is 1. The van der Waals surface area contributed by atoms with E-state index in [0.717, 1.165) is 18.8 Å². The Hall–Kier alpha value is -2.61. The molecule has 1 unspecified atom stereocenters. The van der Waals surface area contributed by atoms with Gasteiger partial charge < -0.3 is 20.4 Å². The molecule has 0 bridgehead atoms. The molecule has 0 spiro atoms. The van der Waals surface area contributed by atoms with E-state index in [1.807, 2.05) is 12.1 Å². The van der Waals surface area contributed by atoms with Gasteiger partial charge in [0.1, 0.15) is 11.6 Å². The van der Waals surface area contributed by atoms with Gasteiger partial charge in [-0.2, -0.15) is 0 Å². The van der Waals surface area contributed by atoms with Crippen molar-refractivity contribution in [2.75, 3.05) is 38.0 Å². The largest absolute Gasteiger partial charge is 0.468 e. The first kappa shape index (κ1) is 17.2. The van der Waals surface area contributed by atoms with E-state index < -0.39 is 0 Å². The minimum Gasteiger partial charge on any atom is -0.468 e. The summed E-state index contributed by atoms with van der Waals surface area (Å²) in [6.45, 7) is 3.68. The fourth-order valence-corrected chi connectivity index (χ4v) is 2.95. The summed E-state index contributed by atoms with van der Waals surface area (Å²) in [5, 5.41) is 8.87. The highest BCUT2D eigenvalue weighted by molar-refractivity contribution is 5.73. The quantitative estimate of drug-likeness (QED) is 0.630. The van der Waals surface area contributed by atoms with Gasteiger partial charge in [-0.05, 0) is 38.1 Å². The van der Waals surface area contributed by atoms with Gasteiger partial charge in [0.2, 0.25) is 0 Å². The molecule has 1 fully saturated rings. The summed E-state index contributed by atoms with van der Waals surface area (Å²) in [5.41, 5.74) is 0. The lowest BCUT2D eigenvalue weighted by atomic mass is 10.2. The number of furan rings is 1. The Labute approximate surface area is 147 Å². The summed E-state index contributed by atoms with van der Waals surface area (Å²) in [6.07, 6.45) is 8.94. The molecule has 0 aromatic carbocycles. The number of likely N-dealkylation sites (tertiary alicyclic amines) is 1. The number of anilines is 1. The molecule has 2 amide bonds. The fourth-order valence-electron chi connectivity index (χ4n) is 2.95. The van der Waals surface area contributed by atoms with Gasteiger partial charge in [0.05, 0.1) is 18.5 Å². The van der Waals surface area contributed by atoms with E-state index in [0.29, 0.717) is 25.5 Å². The molecule has 3 N–H and O–H groups in total. The predicted molar refractivity (Wildman–Crippen MR) is 94.2 cm³/mol. The van der Waals surface area contributed by atoms with E-state index in [1.54, 1.807) is 24.9 Å². The van der Waals surface area contributed by atoms with Crippen molar-refractivity contribution < 1.29 is 9.21 Å². The number of carbonyl (C=O) groups is 1. The van der Waals surface area contributed by atoms with Crippen LogP contribution in [0.5, 0.6) is 0 Å². The number of rotatable bonds is 8. The van der Waals surface area contributed by atoms with Gasteiger partial charge in [0, 0.05) is 32.0 Å². The minimum absolute atomic E-state index is 0.0842. The molecule has 1 aliphatic heterocycles. The van der Waals surface area contributed by atoms with Crippen LogP contribution in [-0.4, -0.2) is 53.6 Å². The molecule has 0 saturated carbocycles. The average Bonchev–Trinajstić information content (AvgIpc) is 3.34. The number of hydrogen-bond donors (Lipinski definition) is 3. The normalized spacial score (nSPS) is 15.7. The van der Waals surface area contributed by atoms with Crippen molar-refractivity contribution in [2.24, 2.45) is 0 Å². The van der Waals surface area contributed by atoms with Crippen molar-refractivity contribution in [2.45, 2.75) is 18.9 Å². The zero-order valence-electron chi connectivity index (χ0n) is 14.1. The molecule has 1 saturated heterocycles. The Kier molecular flexibility index (Phi) is 6.22. The van der Waals surface area contributed by atoms with E-state index >= 15 is 0 Å². The van der Waals surface area contributed by atoms with E-state index in [4.69, 9.17) is 4.42 Å². The number of amides is 2. The van der Waals surface area contributed by atoms with E-state index in [-0.39, 0.29) is 12.1 Å². The van der Waals surface area contributed by atoms with Crippen molar-refractivity contribution in [3.8, 4) is 0 Å². The Morgan fingerprint density at radius 1 is 1.24 bits per heavy atom. The first-order valence-corrected chi connectivity index (χ1v) is 8.62. The molecule has 25 heavy (non-hydrogen) atoms. The van der Waals surface area contributed by atoms with E-state index in [2.05, 4.69) is 30.8 Å². The first-order valence-electron chi connectivity index (χ1n) is 8.62. The van der Waals surface area contributed by atoms with Crippen LogP contribution >= 0.6 is 0 Å². The molecule has 2 aromatic rings. The number of nitrogens with zero attached hydrogens (tertiary/aromatic N) is 3. The molecule has 3 rings (SSSR count). The highest BCUT2D eigenvalue weighted by Crippen LogP contribution is 2.24. The van der Waals surface area contributed by atoms with Gasteiger partial charge >= 0.3 is 6.03 Å². The maximum atomic E-state index is 12.0. The molecule has 1 aliphatic rings. The number of nitrogens with one attached hydrogen (secondary N) is 3. The highest BCUT2D eigenvalue weighted by Gasteiger charge is 2.25. The lowest BCUT2D eigenvalue weighted by molar-refractivity contribution is 0.203. The summed E-state index contributed by atoms with van der Waals surface area (Å²) in [4.78, 5) is 22.5. The second kappa shape index (κ2) is 9.03. The maximum Gasteiger partial charge on any atom is 0.314 e. The summed E-state index contributed by atoms with van der Waals surface area (Å²) < 4.78 is 5.55. The molecular formula is C17H24N6O2. The van der Waals surface area contributed by atoms with Crippen LogP contribution in [0, 0.1) is 0 Å². The monoisotopic (exact) mass is 344 g/mol. The van der Waals surface area contributed by atoms with E-state index in [9.17, 15) is 4.79 Å². The summed E-state index contributed by atoms with van der Waals surface area (Å²) in [6, 6.07) is 3.75. The maximum absolute atomic E-state index is 12.0. The summed E-state index contributed by atoms with van der Waals surface area (Å²) >= 11 is 0. The van der Waals surface area contributed by atoms with Crippen LogP contribution in [0.25, 0.3) is 0 Å². The molecular weight excluding hydrogens is 320 g/mol. The van der Waals surface area contributed by atoms with Gasteiger partial charge in [-0.15, -0.1) is 0 Å². The lowest BCUT2D eigenvalue weighted by Crippen LogP contribution is -2.42. The second-order valence-electron chi connectivity index (χ2n) is 5.93. The minimum atomic E-state index is -0.184. The van der Waals surface area contributed by atoms with Crippen molar-refractivity contribution in [1.29, 1.82) is 0 Å². The van der Waals surface area contributed by atoms with Crippen LogP contribution in [0.3, 0.4) is 0 Å². The van der Waals surface area contributed by atoms with Crippen molar-refractivity contribution in [3.63, 3.8) is 0 Å². The fraction of sp³-hybridized carbons (Fsp3) is 0.471. The topological polar surface area (TPSA) is 95.3 Å². The molecule has 3 heterocycles. The predicted octanol–water partition coefficient (Wildman–Crippen LogP) is 1.62. The molecule has 2 aromatic heterocycles. The smallest absolute Gasteiger partial charge is 0.314 e. The summed E-state index contributed by atoms with van der Waals surface area (Å²) in [5.74, 6) is 1.59. The molecule has 8 nitrogen and oxygen atoms in total. The zero-order chi connectivity index (χ0) is 17.3. The molecule has 8 heteroatoms. The van der Waals surface area contributed by atoms with Crippen molar-refractivity contribution in [3.05, 3.63) is 42.7 Å². The van der Waals surface area contributed by atoms with Gasteiger partial charge in [-0.3, -0.25) is 9.88 Å². The van der Waals surface area contributed by atoms with Gasteiger partial charge in [0.15, 0.2) is 0 Å². The highest BCUT2D eigenvalue weighted by atomic mass is 16.3. The Balaban J connectivity index is 1.39. The first-order chi connectivity index (χ1) is 12.3. The van der Waals surface area contributed by atoms with E-state index in [1.165, 1.54) is 12.8 Å². The van der Waals surface area contributed by atoms with Crippen LogP contribution in [-0.2, 0) is 0 Å². The van der Waals surface area contributed by atoms with Gasteiger partial charge in [-0.1, -0.05) is 0 Å². The third-order valence-corrected chi connectivity index (χ3v) is 4.19. The molecule has 0 radical (unpaired) electrons. The van der Waals surface area contributed by atoms with Crippen LogP contribution in [0.1, 0.15) is 24.6 Å². The average molecular weight is 344 g/mol. The number of urea groups is 1. The summed E-state index contributed by atoms with van der Waals surface area (Å²) in [7, 11) is 0. The van der Waals surface area contributed by atoms with Crippen LogP contribution in [0.15, 0.2) is 41.4 Å². The number of aromatic nitrogens is 2. The SMILES string of the molecule is O=C(NCCNc1cnccn1)NCC(c1ccco1)N1CCCC1. The Bertz CT molecular complexity index is 628. The van der Waals surface area contributed by atoms with Crippen LogP contribution < -0.4 is 16.0 Å². The molecule has 0 aliphatic carbocycles. The van der Waals surface area contributed by atoms with Gasteiger partial charge in [-0.25, -0.2) is 9.78 Å². The third-order valence-electron chi connectivity index (χ3n) is 4.19. The van der Waals surface area contributed by atoms with Crippen molar-refractivity contribution in [1.82, 2.24) is 25.5 Å². The van der Waals surface area contributed by atoms with Crippen LogP contribution in [0.2, 0.25) is 0 Å². The van der Waals surface area contributed by atoms with Crippen LogP contribution in [0.4, 0.5) is 10.6 Å². The standard InChI is InChI=1S/C17H24N6O2/c24-17(21-8-7-20-16-13-18-5-6-19-16)22-12-14(15-4-3-11-25-15)23-9-1-2-10-23/h3-6,11,13-14H,1-2,7-10,12H2,(H,19,20)(H2,21,22,24). The number of hydrogen-bond acceptors (Lipinski definition) is 6. The Morgan fingerprint density at radius 2 is 2.12 bits per heavy atom. The second-order valence-corrected chi connectivity index (χ2v) is 5.93. The zero-order valence-corrected chi connectivity index (χ0v) is 14.1. The molecule has 1 atom stereocenters. The van der Waals surface area contributed by atoms with Gasteiger partial charge in [0.25, 0.3) is 0 Å². The lowest BCUT2D eigenvalue weighted by Gasteiger charge is -2.26. The third kappa shape index (κ3) is 5.18. The Morgan fingerprint density at radius 3 is 2.84 bits per heavy atom. The van der Waals surface area contributed by atoms with Crippen molar-refractivity contribution >= 4 is 11.8 Å². The molecule has 134 valence electrons.